The topological polar surface area (TPSA) is 47.0 Å². The predicted molar refractivity (Wildman–Crippen MR) is 51.1 cm³/mol. The average Bonchev–Trinajstić information content (AvgIpc) is 2.03. The molecule has 1 aromatic rings. The minimum atomic E-state index is -3.39. The van der Waals surface area contributed by atoms with Gasteiger partial charge in [0.2, 0.25) is 9.84 Å². The summed E-state index contributed by atoms with van der Waals surface area (Å²) in [5.41, 5.74) is 1.60. The Labute approximate surface area is 78.0 Å². The van der Waals surface area contributed by atoms with Gasteiger partial charge in [0, 0.05) is 11.6 Å². The molecule has 1 aromatic heterocycles. The molecule has 0 radical (unpaired) electrons. The highest BCUT2D eigenvalue weighted by Crippen LogP contribution is 2.14. The summed E-state index contributed by atoms with van der Waals surface area (Å²) in [5.74, 6) is 0. The number of pyridine rings is 1. The first-order valence-corrected chi connectivity index (χ1v) is 5.33. The Balaban J connectivity index is 3.41. The molecule has 0 aliphatic carbocycles. The van der Waals surface area contributed by atoms with E-state index in [0.29, 0.717) is 5.56 Å². The summed E-state index contributed by atoms with van der Waals surface area (Å²) in [7, 11) is -3.39. The van der Waals surface area contributed by atoms with E-state index in [1.54, 1.807) is 13.0 Å². The molecule has 0 spiro atoms. The van der Waals surface area contributed by atoms with Crippen molar-refractivity contribution in [3.05, 3.63) is 35.4 Å². The van der Waals surface area contributed by atoms with E-state index in [1.807, 2.05) is 6.92 Å². The van der Waals surface area contributed by atoms with Gasteiger partial charge in [-0.15, -0.1) is 0 Å². The van der Waals surface area contributed by atoms with E-state index in [-0.39, 0.29) is 5.03 Å². The summed E-state index contributed by atoms with van der Waals surface area (Å²) in [4.78, 5) is 3.86. The van der Waals surface area contributed by atoms with Gasteiger partial charge in [-0.2, -0.15) is 0 Å². The Morgan fingerprint density at radius 3 is 2.54 bits per heavy atom. The van der Waals surface area contributed by atoms with Crippen LogP contribution in [0.15, 0.2) is 29.3 Å². The van der Waals surface area contributed by atoms with E-state index < -0.39 is 9.84 Å². The van der Waals surface area contributed by atoms with Crippen LogP contribution in [-0.4, -0.2) is 13.4 Å². The number of sulfone groups is 1. The first kappa shape index (κ1) is 9.92. The molecule has 13 heavy (non-hydrogen) atoms. The van der Waals surface area contributed by atoms with E-state index in [4.69, 9.17) is 0 Å². The van der Waals surface area contributed by atoms with Crippen LogP contribution in [-0.2, 0) is 9.84 Å². The normalized spacial score (nSPS) is 11.2. The van der Waals surface area contributed by atoms with Crippen molar-refractivity contribution in [3.63, 3.8) is 0 Å². The van der Waals surface area contributed by atoms with Crippen molar-refractivity contribution in [1.29, 1.82) is 0 Å². The fourth-order valence-corrected chi connectivity index (χ4v) is 1.94. The lowest BCUT2D eigenvalue weighted by molar-refractivity contribution is 0.600. The highest BCUT2D eigenvalue weighted by atomic mass is 32.2. The van der Waals surface area contributed by atoms with Crippen LogP contribution in [0.1, 0.15) is 11.1 Å². The standard InChI is InChI=1S/C9H11NO2S/c1-4-13(11,12)9-8(3)5-7(2)6-10-9/h4-6H,1H2,2-3H3. The summed E-state index contributed by atoms with van der Waals surface area (Å²) in [6, 6.07) is 1.78. The van der Waals surface area contributed by atoms with E-state index in [0.717, 1.165) is 11.0 Å². The molecule has 0 bridgehead atoms. The Kier molecular flexibility index (Phi) is 2.52. The van der Waals surface area contributed by atoms with Crippen LogP contribution in [0.5, 0.6) is 0 Å². The number of nitrogens with zero attached hydrogens (tertiary/aromatic N) is 1. The molecule has 1 rings (SSSR count). The monoisotopic (exact) mass is 197 g/mol. The van der Waals surface area contributed by atoms with Crippen molar-refractivity contribution >= 4 is 9.84 Å². The van der Waals surface area contributed by atoms with Crippen molar-refractivity contribution in [2.75, 3.05) is 0 Å². The van der Waals surface area contributed by atoms with Gasteiger partial charge in [0.1, 0.15) is 0 Å². The van der Waals surface area contributed by atoms with Gasteiger partial charge in [-0.1, -0.05) is 12.6 Å². The highest BCUT2D eigenvalue weighted by molar-refractivity contribution is 7.94. The number of hydrogen-bond acceptors (Lipinski definition) is 3. The van der Waals surface area contributed by atoms with E-state index in [2.05, 4.69) is 11.6 Å². The molecule has 1 heterocycles. The van der Waals surface area contributed by atoms with Gasteiger partial charge in [-0.3, -0.25) is 0 Å². The van der Waals surface area contributed by atoms with Gasteiger partial charge < -0.3 is 0 Å². The third kappa shape index (κ3) is 1.95. The smallest absolute Gasteiger partial charge is 0.216 e. The fourth-order valence-electron chi connectivity index (χ4n) is 1.08. The van der Waals surface area contributed by atoms with Crippen molar-refractivity contribution in [3.8, 4) is 0 Å². The largest absolute Gasteiger partial charge is 0.244 e. The van der Waals surface area contributed by atoms with Crippen molar-refractivity contribution in [2.45, 2.75) is 18.9 Å². The third-order valence-electron chi connectivity index (χ3n) is 1.66. The second-order valence-corrected chi connectivity index (χ2v) is 4.66. The molecule has 3 nitrogen and oxygen atoms in total. The number of aryl methyl sites for hydroxylation is 2. The van der Waals surface area contributed by atoms with Crippen LogP contribution in [0.2, 0.25) is 0 Å². The van der Waals surface area contributed by atoms with Crippen LogP contribution in [0.4, 0.5) is 0 Å². The molecule has 0 aliphatic heterocycles. The van der Waals surface area contributed by atoms with E-state index in [1.165, 1.54) is 6.20 Å². The van der Waals surface area contributed by atoms with Crippen LogP contribution < -0.4 is 0 Å². The first-order valence-electron chi connectivity index (χ1n) is 3.78. The molecule has 0 atom stereocenters. The molecule has 0 aliphatic rings. The molecule has 0 saturated carbocycles. The van der Waals surface area contributed by atoms with Gasteiger partial charge >= 0.3 is 0 Å². The molecule has 0 saturated heterocycles. The van der Waals surface area contributed by atoms with Gasteiger partial charge in [0.25, 0.3) is 0 Å². The van der Waals surface area contributed by atoms with Gasteiger partial charge in [-0.05, 0) is 25.0 Å². The van der Waals surface area contributed by atoms with Crippen LogP contribution in [0.3, 0.4) is 0 Å². The molecule has 0 aromatic carbocycles. The molecular formula is C9H11NO2S. The van der Waals surface area contributed by atoms with Crippen molar-refractivity contribution in [2.24, 2.45) is 0 Å². The minimum absolute atomic E-state index is 0.0908. The molecule has 4 heteroatoms. The molecule has 0 N–H and O–H groups in total. The maximum Gasteiger partial charge on any atom is 0.216 e. The Morgan fingerprint density at radius 1 is 1.46 bits per heavy atom. The summed E-state index contributed by atoms with van der Waals surface area (Å²) >= 11 is 0. The lowest BCUT2D eigenvalue weighted by Crippen LogP contribution is -2.02. The summed E-state index contributed by atoms with van der Waals surface area (Å²) < 4.78 is 22.7. The van der Waals surface area contributed by atoms with Gasteiger partial charge in [0.05, 0.1) is 0 Å². The molecule has 70 valence electrons. The van der Waals surface area contributed by atoms with Crippen molar-refractivity contribution < 1.29 is 8.42 Å². The quantitative estimate of drug-likeness (QED) is 0.723. The maximum absolute atomic E-state index is 11.4. The maximum atomic E-state index is 11.4. The second-order valence-electron chi connectivity index (χ2n) is 2.85. The summed E-state index contributed by atoms with van der Waals surface area (Å²) in [6.07, 6.45) is 1.53. The Morgan fingerprint density at radius 2 is 2.08 bits per heavy atom. The van der Waals surface area contributed by atoms with Crippen molar-refractivity contribution in [1.82, 2.24) is 4.98 Å². The number of rotatable bonds is 2. The Bertz CT molecular complexity index is 435. The first-order chi connectivity index (χ1) is 5.97. The number of hydrogen-bond donors (Lipinski definition) is 0. The molecule has 0 amide bonds. The third-order valence-corrected chi connectivity index (χ3v) is 3.06. The SMILES string of the molecule is C=CS(=O)(=O)c1ncc(C)cc1C. The van der Waals surface area contributed by atoms with Crippen LogP contribution in [0, 0.1) is 13.8 Å². The highest BCUT2D eigenvalue weighted by Gasteiger charge is 2.13. The molecular weight excluding hydrogens is 186 g/mol. The second kappa shape index (κ2) is 3.30. The fraction of sp³-hybridized carbons (Fsp3) is 0.222. The summed E-state index contributed by atoms with van der Waals surface area (Å²) in [5, 5.41) is 1.01. The van der Waals surface area contributed by atoms with Gasteiger partial charge in [0.15, 0.2) is 5.03 Å². The Hall–Kier alpha value is -1.16. The summed E-state index contributed by atoms with van der Waals surface area (Å²) in [6.45, 7) is 6.83. The van der Waals surface area contributed by atoms with E-state index in [9.17, 15) is 8.42 Å². The minimum Gasteiger partial charge on any atom is -0.244 e. The lowest BCUT2D eigenvalue weighted by Gasteiger charge is -2.02. The van der Waals surface area contributed by atoms with E-state index >= 15 is 0 Å². The zero-order valence-electron chi connectivity index (χ0n) is 7.61. The molecule has 0 unspecified atom stereocenters. The number of aromatic nitrogens is 1. The van der Waals surface area contributed by atoms with Crippen LogP contribution in [0.25, 0.3) is 0 Å². The zero-order valence-corrected chi connectivity index (χ0v) is 8.43. The molecule has 0 fully saturated rings. The lowest BCUT2D eigenvalue weighted by atomic mass is 10.2. The average molecular weight is 197 g/mol. The van der Waals surface area contributed by atoms with Gasteiger partial charge in [-0.25, -0.2) is 13.4 Å². The van der Waals surface area contributed by atoms with Crippen LogP contribution >= 0.6 is 0 Å². The predicted octanol–water partition coefficient (Wildman–Crippen LogP) is 1.62. The zero-order chi connectivity index (χ0) is 10.1.